The third-order valence-corrected chi connectivity index (χ3v) is 2.79. The Labute approximate surface area is 102 Å². The van der Waals surface area contributed by atoms with Gasteiger partial charge in [-0.3, -0.25) is 0 Å². The van der Waals surface area contributed by atoms with Gasteiger partial charge in [0.1, 0.15) is 5.54 Å². The van der Waals surface area contributed by atoms with Crippen molar-refractivity contribution in [2.75, 3.05) is 13.2 Å². The smallest absolute Gasteiger partial charge is 0.329 e. The van der Waals surface area contributed by atoms with Crippen molar-refractivity contribution >= 4 is 12.0 Å². The second-order valence-corrected chi connectivity index (χ2v) is 4.43. The topological polar surface area (TPSA) is 89.9 Å². The lowest BCUT2D eigenvalue weighted by Gasteiger charge is -2.31. The maximum atomic E-state index is 11.9. The molecule has 0 aliphatic heterocycles. The van der Waals surface area contributed by atoms with Crippen molar-refractivity contribution in [2.24, 2.45) is 0 Å². The number of carbonyl (C=O) groups is 2. The summed E-state index contributed by atoms with van der Waals surface area (Å²) in [6.45, 7) is 6.80. The van der Waals surface area contributed by atoms with Gasteiger partial charge in [-0.05, 0) is 27.2 Å². The van der Waals surface area contributed by atoms with E-state index >= 15 is 0 Å². The van der Waals surface area contributed by atoms with E-state index in [1.807, 2.05) is 0 Å². The number of rotatable bonds is 6. The Hall–Kier alpha value is -1.30. The summed E-state index contributed by atoms with van der Waals surface area (Å²) in [4.78, 5) is 24.3. The number of hydrogen-bond donors (Lipinski definition) is 3. The van der Waals surface area contributed by atoms with E-state index in [4.69, 9.17) is 10.2 Å². The van der Waals surface area contributed by atoms with Gasteiger partial charge in [-0.25, -0.2) is 9.59 Å². The molecule has 6 heteroatoms. The Kier molecular flexibility index (Phi) is 5.95. The van der Waals surface area contributed by atoms with Crippen molar-refractivity contribution in [3.8, 4) is 0 Å². The normalized spacial score (nSPS) is 14.2. The molecule has 0 aromatic rings. The van der Waals surface area contributed by atoms with E-state index in [2.05, 4.69) is 5.32 Å². The molecule has 0 saturated heterocycles. The first-order valence-corrected chi connectivity index (χ1v) is 5.71. The summed E-state index contributed by atoms with van der Waals surface area (Å²) in [5.74, 6) is -1.07. The van der Waals surface area contributed by atoms with Crippen LogP contribution < -0.4 is 5.32 Å². The van der Waals surface area contributed by atoms with Crippen LogP contribution in [0.25, 0.3) is 0 Å². The second kappa shape index (κ2) is 6.44. The molecule has 0 aliphatic rings. The molecule has 0 rings (SSSR count). The van der Waals surface area contributed by atoms with E-state index in [0.717, 1.165) is 0 Å². The molecule has 100 valence electrons. The summed E-state index contributed by atoms with van der Waals surface area (Å²) in [6.07, 6.45) is 0.291. The van der Waals surface area contributed by atoms with Crippen molar-refractivity contribution < 1.29 is 19.8 Å². The van der Waals surface area contributed by atoms with Gasteiger partial charge < -0.3 is 20.4 Å². The number of amides is 2. The van der Waals surface area contributed by atoms with E-state index in [1.54, 1.807) is 20.8 Å². The third kappa shape index (κ3) is 4.22. The Morgan fingerprint density at radius 1 is 1.41 bits per heavy atom. The fourth-order valence-corrected chi connectivity index (χ4v) is 1.30. The van der Waals surface area contributed by atoms with Gasteiger partial charge in [0.05, 0.1) is 6.61 Å². The molecule has 1 unspecified atom stereocenters. The average molecular weight is 246 g/mol. The molecular weight excluding hydrogens is 224 g/mol. The highest BCUT2D eigenvalue weighted by atomic mass is 16.4. The molecule has 0 spiro atoms. The molecule has 0 radical (unpaired) electrons. The maximum Gasteiger partial charge on any atom is 0.329 e. The van der Waals surface area contributed by atoms with Crippen molar-refractivity contribution in [3.05, 3.63) is 0 Å². The molecule has 0 aliphatic carbocycles. The zero-order chi connectivity index (χ0) is 13.6. The molecule has 0 aromatic heterocycles. The van der Waals surface area contributed by atoms with E-state index < -0.39 is 17.5 Å². The molecule has 0 heterocycles. The van der Waals surface area contributed by atoms with E-state index in [-0.39, 0.29) is 19.2 Å². The van der Waals surface area contributed by atoms with Crippen LogP contribution in [0.4, 0.5) is 4.79 Å². The van der Waals surface area contributed by atoms with E-state index in [9.17, 15) is 9.59 Å². The number of aliphatic hydroxyl groups is 1. The molecule has 0 aromatic carbocycles. The van der Waals surface area contributed by atoms with Crippen molar-refractivity contribution in [1.29, 1.82) is 0 Å². The third-order valence-electron chi connectivity index (χ3n) is 2.79. The molecule has 0 saturated carbocycles. The number of carbonyl (C=O) groups excluding carboxylic acids is 1. The lowest BCUT2D eigenvalue weighted by molar-refractivity contribution is -0.143. The lowest BCUT2D eigenvalue weighted by atomic mass is 10.00. The maximum absolute atomic E-state index is 11.9. The molecule has 0 fully saturated rings. The highest BCUT2D eigenvalue weighted by Gasteiger charge is 2.34. The summed E-state index contributed by atoms with van der Waals surface area (Å²) >= 11 is 0. The number of carboxylic acids is 1. The van der Waals surface area contributed by atoms with Crippen LogP contribution in [0, 0.1) is 0 Å². The van der Waals surface area contributed by atoms with Gasteiger partial charge in [-0.1, -0.05) is 6.92 Å². The zero-order valence-corrected chi connectivity index (χ0v) is 10.9. The number of hydrogen-bond acceptors (Lipinski definition) is 3. The van der Waals surface area contributed by atoms with Crippen molar-refractivity contribution in [3.63, 3.8) is 0 Å². The van der Waals surface area contributed by atoms with Gasteiger partial charge in [-0.15, -0.1) is 0 Å². The van der Waals surface area contributed by atoms with Gasteiger partial charge in [0, 0.05) is 12.6 Å². The summed E-state index contributed by atoms with van der Waals surface area (Å²) in [5.41, 5.74) is -1.28. The minimum Gasteiger partial charge on any atom is -0.480 e. The lowest BCUT2D eigenvalue weighted by Crippen LogP contribution is -2.57. The fraction of sp³-hybridized carbons (Fsp3) is 0.818. The van der Waals surface area contributed by atoms with E-state index in [0.29, 0.717) is 6.42 Å². The first-order valence-electron chi connectivity index (χ1n) is 5.71. The van der Waals surface area contributed by atoms with Crippen LogP contribution in [-0.4, -0.2) is 51.8 Å². The van der Waals surface area contributed by atoms with Crippen LogP contribution in [0.2, 0.25) is 0 Å². The number of nitrogens with one attached hydrogen (secondary N) is 1. The second-order valence-electron chi connectivity index (χ2n) is 4.43. The Morgan fingerprint density at radius 2 is 1.94 bits per heavy atom. The van der Waals surface area contributed by atoms with Crippen molar-refractivity contribution in [1.82, 2.24) is 10.2 Å². The first kappa shape index (κ1) is 15.7. The van der Waals surface area contributed by atoms with Crippen LogP contribution in [0.5, 0.6) is 0 Å². The number of aliphatic hydroxyl groups excluding tert-OH is 1. The minimum absolute atomic E-state index is 0.1000. The Bertz CT molecular complexity index is 281. The monoisotopic (exact) mass is 246 g/mol. The predicted octanol–water partition coefficient (Wildman–Crippen LogP) is 0.652. The fourth-order valence-electron chi connectivity index (χ4n) is 1.30. The highest BCUT2D eigenvalue weighted by Crippen LogP contribution is 2.11. The summed E-state index contributed by atoms with van der Waals surface area (Å²) in [6, 6.07) is -0.571. The first-order chi connectivity index (χ1) is 7.78. The average Bonchev–Trinajstić information content (AvgIpc) is 2.24. The molecule has 6 nitrogen and oxygen atoms in total. The Morgan fingerprint density at radius 3 is 2.24 bits per heavy atom. The quantitative estimate of drug-likeness (QED) is 0.642. The summed E-state index contributed by atoms with van der Waals surface area (Å²) in [5, 5.41) is 20.4. The zero-order valence-electron chi connectivity index (χ0n) is 10.9. The number of aliphatic carboxylic acids is 1. The Balaban J connectivity index is 4.75. The molecular formula is C11H22N2O4. The van der Waals surface area contributed by atoms with Crippen LogP contribution in [0.3, 0.4) is 0 Å². The number of nitrogens with zero attached hydrogens (tertiary/aromatic N) is 1. The molecule has 1 atom stereocenters. The van der Waals surface area contributed by atoms with Crippen LogP contribution in [0.1, 0.15) is 34.1 Å². The highest BCUT2D eigenvalue weighted by molar-refractivity contribution is 5.85. The predicted molar refractivity (Wildman–Crippen MR) is 63.8 cm³/mol. The van der Waals surface area contributed by atoms with Gasteiger partial charge >= 0.3 is 12.0 Å². The van der Waals surface area contributed by atoms with E-state index in [1.165, 1.54) is 11.8 Å². The van der Waals surface area contributed by atoms with Crippen LogP contribution in [0.15, 0.2) is 0 Å². The molecule has 3 N–H and O–H groups in total. The number of carboxylic acid groups (broad SMARTS) is 1. The summed E-state index contributed by atoms with van der Waals surface area (Å²) in [7, 11) is 0. The van der Waals surface area contributed by atoms with Crippen LogP contribution in [-0.2, 0) is 4.79 Å². The largest absolute Gasteiger partial charge is 0.480 e. The van der Waals surface area contributed by atoms with Gasteiger partial charge in [-0.2, -0.15) is 0 Å². The summed E-state index contributed by atoms with van der Waals surface area (Å²) < 4.78 is 0. The minimum atomic E-state index is -1.28. The molecule has 2 amide bonds. The van der Waals surface area contributed by atoms with Crippen LogP contribution >= 0.6 is 0 Å². The standard InChI is InChI=1S/C11H22N2O4/c1-5-11(4,9(15)16)12-10(17)13(6-7-14)8(2)3/h8,14H,5-7H2,1-4H3,(H,12,17)(H,15,16). The van der Waals surface area contributed by atoms with Crippen molar-refractivity contribution in [2.45, 2.75) is 45.7 Å². The SMILES string of the molecule is CCC(C)(NC(=O)N(CCO)C(C)C)C(=O)O. The number of urea groups is 1. The van der Waals surface area contributed by atoms with Gasteiger partial charge in [0.2, 0.25) is 0 Å². The molecule has 17 heavy (non-hydrogen) atoms. The molecule has 0 bridgehead atoms. The van der Waals surface area contributed by atoms with Gasteiger partial charge in [0.15, 0.2) is 0 Å². The van der Waals surface area contributed by atoms with Gasteiger partial charge in [0.25, 0.3) is 0 Å².